The number of halogens is 3. The predicted octanol–water partition coefficient (Wildman–Crippen LogP) is 4.62. The molecule has 8 heteroatoms. The normalized spacial score (nSPS) is 11.1. The van der Waals surface area contributed by atoms with Crippen molar-refractivity contribution in [2.24, 2.45) is 0 Å². The van der Waals surface area contributed by atoms with Gasteiger partial charge in [-0.05, 0) is 12.2 Å². The van der Waals surface area contributed by atoms with Crippen molar-refractivity contribution in [3.05, 3.63) is 34.5 Å². The molecular formula is C15H15F3N2OS2. The van der Waals surface area contributed by atoms with Gasteiger partial charge in [-0.25, -0.2) is 18.2 Å². The number of thiazole rings is 1. The lowest BCUT2D eigenvalue weighted by molar-refractivity contribution is -0.113. The Kier molecular flexibility index (Phi) is 5.69. The van der Waals surface area contributed by atoms with Crippen molar-refractivity contribution >= 4 is 34.1 Å². The molecule has 0 saturated heterocycles. The lowest BCUT2D eigenvalue weighted by atomic mass is 10.1. The second-order valence-corrected chi connectivity index (χ2v) is 7.84. The monoisotopic (exact) mass is 360 g/mol. The number of aryl methyl sites for hydroxylation is 1. The van der Waals surface area contributed by atoms with Crippen LogP contribution >= 0.6 is 23.1 Å². The van der Waals surface area contributed by atoms with Crippen molar-refractivity contribution in [3.63, 3.8) is 0 Å². The predicted molar refractivity (Wildman–Crippen MR) is 88.4 cm³/mol. The Morgan fingerprint density at radius 3 is 2.48 bits per heavy atom. The molecule has 124 valence electrons. The molecule has 0 unspecified atom stereocenters. The second kappa shape index (κ2) is 7.35. The second-order valence-electron chi connectivity index (χ2n) is 5.08. The van der Waals surface area contributed by atoms with E-state index in [9.17, 15) is 18.0 Å². The number of rotatable bonds is 5. The van der Waals surface area contributed by atoms with Gasteiger partial charge in [0.05, 0.1) is 17.0 Å². The number of anilines is 1. The van der Waals surface area contributed by atoms with Crippen LogP contribution in [0.25, 0.3) is 11.3 Å². The van der Waals surface area contributed by atoms with Crippen LogP contribution in [0.15, 0.2) is 12.1 Å². The Morgan fingerprint density at radius 1 is 1.30 bits per heavy atom. The van der Waals surface area contributed by atoms with Gasteiger partial charge < -0.3 is 5.32 Å². The highest BCUT2D eigenvalue weighted by Crippen LogP contribution is 2.34. The van der Waals surface area contributed by atoms with Crippen LogP contribution in [-0.4, -0.2) is 21.9 Å². The van der Waals surface area contributed by atoms with Gasteiger partial charge in [0.2, 0.25) is 5.91 Å². The van der Waals surface area contributed by atoms with Crippen molar-refractivity contribution in [2.75, 3.05) is 11.1 Å². The van der Waals surface area contributed by atoms with E-state index in [2.05, 4.69) is 10.3 Å². The Balaban J connectivity index is 2.24. The van der Waals surface area contributed by atoms with E-state index < -0.39 is 23.0 Å². The summed E-state index contributed by atoms with van der Waals surface area (Å²) in [5.41, 5.74) is -0.325. The summed E-state index contributed by atoms with van der Waals surface area (Å²) in [5, 5.41) is 3.18. The van der Waals surface area contributed by atoms with Crippen molar-refractivity contribution in [1.82, 2.24) is 4.98 Å². The topological polar surface area (TPSA) is 42.0 Å². The third kappa shape index (κ3) is 4.48. The molecule has 1 aromatic heterocycles. The van der Waals surface area contributed by atoms with Gasteiger partial charge in [0.15, 0.2) is 5.13 Å². The highest BCUT2D eigenvalue weighted by Gasteiger charge is 2.20. The number of carbonyl (C=O) groups excluding carboxylic acids is 1. The number of thioether (sulfide) groups is 1. The van der Waals surface area contributed by atoms with Crippen LogP contribution < -0.4 is 5.32 Å². The highest BCUT2D eigenvalue weighted by atomic mass is 32.2. The fraction of sp³-hybridized carbons (Fsp3) is 0.333. The first-order valence-electron chi connectivity index (χ1n) is 6.81. The fourth-order valence-corrected chi connectivity index (χ4v) is 3.24. The Labute approximate surface area is 140 Å². The molecule has 2 aromatic rings. The van der Waals surface area contributed by atoms with Gasteiger partial charge >= 0.3 is 0 Å². The van der Waals surface area contributed by atoms with Crippen LogP contribution in [-0.2, 0) is 4.79 Å². The third-order valence-corrected chi connectivity index (χ3v) is 4.82. The summed E-state index contributed by atoms with van der Waals surface area (Å²) in [6.45, 7) is 5.58. The van der Waals surface area contributed by atoms with Crippen LogP contribution in [0.3, 0.4) is 0 Å². The molecule has 0 atom stereocenters. The maximum atomic E-state index is 13.9. The highest BCUT2D eigenvalue weighted by molar-refractivity contribution is 8.00. The minimum absolute atomic E-state index is 0.0665. The number of benzene rings is 1. The number of nitrogens with zero attached hydrogens (tertiary/aromatic N) is 1. The summed E-state index contributed by atoms with van der Waals surface area (Å²) in [7, 11) is 0. The molecule has 3 nitrogen and oxygen atoms in total. The van der Waals surface area contributed by atoms with E-state index in [-0.39, 0.29) is 22.5 Å². The van der Waals surface area contributed by atoms with Gasteiger partial charge in [0.25, 0.3) is 0 Å². The number of nitrogens with one attached hydrogen (secondary N) is 1. The first-order chi connectivity index (χ1) is 10.8. The summed E-state index contributed by atoms with van der Waals surface area (Å²) in [6.07, 6.45) is 0. The molecule has 0 saturated carbocycles. The number of carbonyl (C=O) groups is 1. The van der Waals surface area contributed by atoms with E-state index in [0.29, 0.717) is 22.3 Å². The van der Waals surface area contributed by atoms with E-state index in [1.165, 1.54) is 11.8 Å². The van der Waals surface area contributed by atoms with E-state index in [4.69, 9.17) is 0 Å². The molecule has 0 radical (unpaired) electrons. The van der Waals surface area contributed by atoms with E-state index >= 15 is 0 Å². The standard InChI is InChI=1S/C15H15F3N2OS2/c1-7(2)22-6-12(21)19-15-20-14(8(3)23-15)13-10(17)4-9(16)5-11(13)18/h4-5,7H,6H2,1-3H3,(H,19,20,21). The van der Waals surface area contributed by atoms with E-state index in [1.54, 1.807) is 6.92 Å². The fourth-order valence-electron chi connectivity index (χ4n) is 1.85. The maximum absolute atomic E-state index is 13.9. The van der Waals surface area contributed by atoms with Crippen LogP contribution in [0.5, 0.6) is 0 Å². The maximum Gasteiger partial charge on any atom is 0.236 e. The molecule has 0 aliphatic carbocycles. The molecule has 1 N–H and O–H groups in total. The molecule has 1 amide bonds. The largest absolute Gasteiger partial charge is 0.301 e. The number of hydrogen-bond donors (Lipinski definition) is 1. The average molecular weight is 360 g/mol. The molecule has 2 rings (SSSR count). The van der Waals surface area contributed by atoms with Gasteiger partial charge in [-0.3, -0.25) is 4.79 Å². The van der Waals surface area contributed by atoms with Gasteiger partial charge in [-0.15, -0.1) is 23.1 Å². The minimum atomic E-state index is -1.02. The summed E-state index contributed by atoms with van der Waals surface area (Å²) < 4.78 is 40.7. The quantitative estimate of drug-likeness (QED) is 0.846. The molecule has 0 aliphatic rings. The first-order valence-corrected chi connectivity index (χ1v) is 8.68. The van der Waals surface area contributed by atoms with Crippen molar-refractivity contribution < 1.29 is 18.0 Å². The summed E-state index contributed by atoms with van der Waals surface area (Å²) >= 11 is 2.59. The van der Waals surface area contributed by atoms with E-state index in [1.807, 2.05) is 13.8 Å². The molecule has 1 heterocycles. The van der Waals surface area contributed by atoms with Crippen molar-refractivity contribution in [1.29, 1.82) is 0 Å². The Bertz CT molecular complexity index is 709. The van der Waals surface area contributed by atoms with Crippen molar-refractivity contribution in [2.45, 2.75) is 26.0 Å². The van der Waals surface area contributed by atoms with Crippen LogP contribution in [0.4, 0.5) is 18.3 Å². The number of aromatic nitrogens is 1. The van der Waals surface area contributed by atoms with E-state index in [0.717, 1.165) is 11.3 Å². The zero-order valence-electron chi connectivity index (χ0n) is 12.7. The Morgan fingerprint density at radius 2 is 1.91 bits per heavy atom. The lowest BCUT2D eigenvalue weighted by Gasteiger charge is -2.04. The van der Waals surface area contributed by atoms with Gasteiger partial charge in [-0.1, -0.05) is 13.8 Å². The van der Waals surface area contributed by atoms with Crippen molar-refractivity contribution in [3.8, 4) is 11.3 Å². The van der Waals surface area contributed by atoms with Crippen LogP contribution in [0, 0.1) is 24.4 Å². The molecule has 0 fully saturated rings. The van der Waals surface area contributed by atoms with Gasteiger partial charge in [-0.2, -0.15) is 0 Å². The zero-order valence-corrected chi connectivity index (χ0v) is 14.4. The van der Waals surface area contributed by atoms with Crippen LogP contribution in [0.1, 0.15) is 18.7 Å². The lowest BCUT2D eigenvalue weighted by Crippen LogP contribution is -2.15. The van der Waals surface area contributed by atoms with Gasteiger partial charge in [0.1, 0.15) is 17.5 Å². The zero-order chi connectivity index (χ0) is 17.1. The summed E-state index contributed by atoms with van der Waals surface area (Å²) in [6, 6.07) is 1.21. The molecule has 0 spiro atoms. The third-order valence-electron chi connectivity index (χ3n) is 2.83. The minimum Gasteiger partial charge on any atom is -0.301 e. The summed E-state index contributed by atoms with van der Waals surface area (Å²) in [4.78, 5) is 16.4. The SMILES string of the molecule is Cc1sc(NC(=O)CSC(C)C)nc1-c1c(F)cc(F)cc1F. The molecule has 1 aromatic carbocycles. The smallest absolute Gasteiger partial charge is 0.236 e. The summed E-state index contributed by atoms with van der Waals surface area (Å²) in [5.74, 6) is -3.00. The average Bonchev–Trinajstić information content (AvgIpc) is 2.76. The van der Waals surface area contributed by atoms with Crippen LogP contribution in [0.2, 0.25) is 0 Å². The molecule has 0 aliphatic heterocycles. The Hall–Kier alpha value is -1.54. The molecular weight excluding hydrogens is 345 g/mol. The number of amides is 1. The first kappa shape index (κ1) is 17.8. The molecule has 23 heavy (non-hydrogen) atoms. The molecule has 0 bridgehead atoms. The van der Waals surface area contributed by atoms with Gasteiger partial charge in [0, 0.05) is 17.0 Å². The number of hydrogen-bond acceptors (Lipinski definition) is 4.